The first kappa shape index (κ1) is 12.8. The van der Waals surface area contributed by atoms with Crippen molar-refractivity contribution < 1.29 is 12.6 Å². The lowest BCUT2D eigenvalue weighted by molar-refractivity contribution is 0.300. The van der Waals surface area contributed by atoms with Gasteiger partial charge < -0.3 is 4.57 Å². The zero-order valence-electron chi connectivity index (χ0n) is 9.77. The topological polar surface area (TPSA) is 61.2 Å². The molecule has 18 heavy (non-hydrogen) atoms. The summed E-state index contributed by atoms with van der Waals surface area (Å²) < 4.78 is 30.1. The zero-order valence-corrected chi connectivity index (χ0v) is 10.6. The van der Waals surface area contributed by atoms with Crippen LogP contribution < -0.4 is 0 Å². The van der Waals surface area contributed by atoms with Crippen LogP contribution in [0.15, 0.2) is 49.1 Å². The molecule has 0 radical (unpaired) electrons. The summed E-state index contributed by atoms with van der Waals surface area (Å²) in [6, 6.07) is 8.97. The summed E-state index contributed by atoms with van der Waals surface area (Å²) in [5.74, 6) is -0.0994. The van der Waals surface area contributed by atoms with Crippen molar-refractivity contribution in [2.24, 2.45) is 0 Å². The van der Waals surface area contributed by atoms with Crippen LogP contribution in [-0.4, -0.2) is 24.6 Å². The lowest BCUT2D eigenvalue weighted by Crippen LogP contribution is -2.13. The van der Waals surface area contributed by atoms with Crippen LogP contribution in [0.3, 0.4) is 0 Å². The largest absolute Gasteiger partial charge is 0.335 e. The monoisotopic (exact) mass is 266 g/mol. The van der Waals surface area contributed by atoms with E-state index < -0.39 is 10.1 Å². The molecule has 0 spiro atoms. The van der Waals surface area contributed by atoms with E-state index in [1.165, 1.54) is 0 Å². The van der Waals surface area contributed by atoms with Crippen molar-refractivity contribution in [3.05, 3.63) is 54.6 Å². The molecule has 1 aromatic carbocycles. The summed E-state index contributed by atoms with van der Waals surface area (Å²) in [4.78, 5) is 3.86. The van der Waals surface area contributed by atoms with E-state index >= 15 is 0 Å². The minimum Gasteiger partial charge on any atom is -0.335 e. The molecule has 0 aliphatic heterocycles. The Morgan fingerprint density at radius 3 is 2.67 bits per heavy atom. The minimum absolute atomic E-state index is 0.0994. The average Bonchev–Trinajstić information content (AvgIpc) is 2.82. The van der Waals surface area contributed by atoms with Gasteiger partial charge in [-0.1, -0.05) is 30.3 Å². The van der Waals surface area contributed by atoms with E-state index in [1.807, 2.05) is 6.07 Å². The van der Waals surface area contributed by atoms with Crippen LogP contribution in [0.2, 0.25) is 0 Å². The summed E-state index contributed by atoms with van der Waals surface area (Å²) in [6.45, 7) is 0.583. The molecule has 2 aromatic rings. The Labute approximate surface area is 106 Å². The number of hydrogen-bond donors (Lipinski definition) is 0. The first-order chi connectivity index (χ1) is 8.66. The molecule has 0 aliphatic carbocycles. The third-order valence-electron chi connectivity index (χ3n) is 2.36. The van der Waals surface area contributed by atoms with Gasteiger partial charge in [0.1, 0.15) is 5.75 Å². The fourth-order valence-electron chi connectivity index (χ4n) is 1.51. The number of aromatic nitrogens is 2. The van der Waals surface area contributed by atoms with Crippen LogP contribution in [-0.2, 0) is 26.6 Å². The van der Waals surface area contributed by atoms with Crippen molar-refractivity contribution in [3.63, 3.8) is 0 Å². The Bertz CT molecular complexity index is 565. The normalized spacial score (nSPS) is 11.6. The van der Waals surface area contributed by atoms with Gasteiger partial charge in [0.2, 0.25) is 0 Å². The summed E-state index contributed by atoms with van der Waals surface area (Å²) in [7, 11) is -3.52. The quantitative estimate of drug-likeness (QED) is 0.742. The maximum atomic E-state index is 11.7. The molecule has 5 nitrogen and oxygen atoms in total. The van der Waals surface area contributed by atoms with Crippen molar-refractivity contribution >= 4 is 10.1 Å². The second kappa shape index (κ2) is 5.79. The highest BCUT2D eigenvalue weighted by atomic mass is 32.2. The Balaban J connectivity index is 1.84. The molecule has 0 saturated heterocycles. The van der Waals surface area contributed by atoms with Gasteiger partial charge in [-0.15, -0.1) is 0 Å². The molecular weight excluding hydrogens is 252 g/mol. The standard InChI is InChI=1S/C12H14N2O3S/c15-18(16,10-12-4-2-1-3-5-12)17-9-8-14-7-6-13-11-14/h1-7,11H,8-10H2. The molecule has 1 aromatic heterocycles. The summed E-state index contributed by atoms with van der Waals surface area (Å²) in [5, 5.41) is 0. The molecule has 0 N–H and O–H groups in total. The fraction of sp³-hybridized carbons (Fsp3) is 0.250. The van der Waals surface area contributed by atoms with Crippen molar-refractivity contribution in [1.29, 1.82) is 0 Å². The van der Waals surface area contributed by atoms with Gasteiger partial charge in [0.25, 0.3) is 10.1 Å². The van der Waals surface area contributed by atoms with Crippen LogP contribution in [0.25, 0.3) is 0 Å². The van der Waals surface area contributed by atoms with E-state index in [0.29, 0.717) is 6.54 Å². The minimum atomic E-state index is -3.52. The number of imidazole rings is 1. The predicted molar refractivity (Wildman–Crippen MR) is 67.2 cm³/mol. The van der Waals surface area contributed by atoms with E-state index in [4.69, 9.17) is 4.18 Å². The Morgan fingerprint density at radius 1 is 1.22 bits per heavy atom. The van der Waals surface area contributed by atoms with Crippen LogP contribution in [0.5, 0.6) is 0 Å². The number of benzene rings is 1. The van der Waals surface area contributed by atoms with Crippen LogP contribution >= 0.6 is 0 Å². The smallest absolute Gasteiger partial charge is 0.271 e. The van der Waals surface area contributed by atoms with Gasteiger partial charge in [-0.2, -0.15) is 8.42 Å². The van der Waals surface area contributed by atoms with E-state index in [9.17, 15) is 8.42 Å². The van der Waals surface area contributed by atoms with E-state index in [2.05, 4.69) is 4.98 Å². The van der Waals surface area contributed by atoms with Gasteiger partial charge in [0, 0.05) is 18.9 Å². The molecule has 0 bridgehead atoms. The number of nitrogens with zero attached hydrogens (tertiary/aromatic N) is 2. The summed E-state index contributed by atoms with van der Waals surface area (Å²) in [6.07, 6.45) is 5.01. The Hall–Kier alpha value is -1.66. The van der Waals surface area contributed by atoms with E-state index in [-0.39, 0.29) is 12.4 Å². The van der Waals surface area contributed by atoms with Crippen molar-refractivity contribution in [2.45, 2.75) is 12.3 Å². The van der Waals surface area contributed by atoms with Crippen LogP contribution in [0.1, 0.15) is 5.56 Å². The van der Waals surface area contributed by atoms with Gasteiger partial charge in [0.15, 0.2) is 0 Å². The molecule has 1 heterocycles. The molecule has 0 amide bonds. The average molecular weight is 266 g/mol. The lowest BCUT2D eigenvalue weighted by Gasteiger charge is -2.06. The van der Waals surface area contributed by atoms with E-state index in [1.54, 1.807) is 47.6 Å². The highest BCUT2D eigenvalue weighted by Gasteiger charge is 2.11. The maximum Gasteiger partial charge on any atom is 0.271 e. The fourth-order valence-corrected chi connectivity index (χ4v) is 2.52. The first-order valence-corrected chi connectivity index (χ1v) is 7.10. The molecular formula is C12H14N2O3S. The molecule has 0 unspecified atom stereocenters. The predicted octanol–water partition coefficient (Wildman–Crippen LogP) is 1.43. The zero-order chi connectivity index (χ0) is 12.8. The molecule has 0 aliphatic rings. The third-order valence-corrected chi connectivity index (χ3v) is 3.57. The molecule has 0 atom stereocenters. The highest BCUT2D eigenvalue weighted by molar-refractivity contribution is 7.85. The third kappa shape index (κ3) is 3.97. The maximum absolute atomic E-state index is 11.7. The van der Waals surface area contributed by atoms with Crippen LogP contribution in [0.4, 0.5) is 0 Å². The molecule has 6 heteroatoms. The van der Waals surface area contributed by atoms with Gasteiger partial charge in [0.05, 0.1) is 12.9 Å². The number of rotatable bonds is 6. The molecule has 2 rings (SSSR count). The second-order valence-electron chi connectivity index (χ2n) is 3.81. The summed E-state index contributed by atoms with van der Waals surface area (Å²) >= 11 is 0. The summed E-state index contributed by atoms with van der Waals surface area (Å²) in [5.41, 5.74) is 0.722. The first-order valence-electron chi connectivity index (χ1n) is 5.52. The highest BCUT2D eigenvalue weighted by Crippen LogP contribution is 2.07. The van der Waals surface area contributed by atoms with Gasteiger partial charge >= 0.3 is 0 Å². The number of hydrogen-bond acceptors (Lipinski definition) is 4. The molecule has 96 valence electrons. The van der Waals surface area contributed by atoms with Gasteiger partial charge in [-0.25, -0.2) is 4.98 Å². The van der Waals surface area contributed by atoms with Gasteiger partial charge in [-0.3, -0.25) is 4.18 Å². The Morgan fingerprint density at radius 2 is 2.00 bits per heavy atom. The molecule has 0 fully saturated rings. The second-order valence-corrected chi connectivity index (χ2v) is 5.45. The SMILES string of the molecule is O=S(=O)(Cc1ccccc1)OCCn1ccnc1. The Kier molecular flexibility index (Phi) is 4.11. The van der Waals surface area contributed by atoms with Crippen molar-refractivity contribution in [3.8, 4) is 0 Å². The lowest BCUT2D eigenvalue weighted by atomic mass is 10.2. The van der Waals surface area contributed by atoms with Crippen molar-refractivity contribution in [1.82, 2.24) is 9.55 Å². The molecule has 0 saturated carbocycles. The van der Waals surface area contributed by atoms with Crippen molar-refractivity contribution in [2.75, 3.05) is 6.61 Å². The van der Waals surface area contributed by atoms with E-state index in [0.717, 1.165) is 5.56 Å². The van der Waals surface area contributed by atoms with Crippen LogP contribution in [0, 0.1) is 0 Å². The van der Waals surface area contributed by atoms with Gasteiger partial charge in [-0.05, 0) is 5.56 Å².